The third kappa shape index (κ3) is 3.08. The minimum absolute atomic E-state index is 0.0393. The molecule has 0 saturated heterocycles. The summed E-state index contributed by atoms with van der Waals surface area (Å²) in [6.07, 6.45) is 1.66. The first-order valence-electron chi connectivity index (χ1n) is 6.28. The summed E-state index contributed by atoms with van der Waals surface area (Å²) in [5.41, 5.74) is 7.28. The van der Waals surface area contributed by atoms with Crippen LogP contribution < -0.4 is 10.6 Å². The average Bonchev–Trinajstić information content (AvgIpc) is 2.45. The van der Waals surface area contributed by atoms with Crippen LogP contribution in [0.5, 0.6) is 0 Å². The molecular formula is C15H17ClN4. The first-order valence-corrected chi connectivity index (χ1v) is 6.65. The van der Waals surface area contributed by atoms with Crippen molar-refractivity contribution in [2.75, 3.05) is 11.9 Å². The molecule has 0 aliphatic carbocycles. The third-order valence-corrected chi connectivity index (χ3v) is 3.56. The van der Waals surface area contributed by atoms with E-state index in [1.54, 1.807) is 12.3 Å². The van der Waals surface area contributed by atoms with Crippen LogP contribution in [-0.4, -0.2) is 17.9 Å². The van der Waals surface area contributed by atoms with Crippen LogP contribution in [0.2, 0.25) is 5.02 Å². The standard InChI is InChI=1S/C15H17ClN4/c1-10(11-4-3-5-13(16)8-11)20(2)14-9-12(15(17)18)6-7-19-14/h3-10H,1-2H3,(H3,17,18). The molecule has 0 radical (unpaired) electrons. The van der Waals surface area contributed by atoms with Crippen molar-refractivity contribution >= 4 is 23.3 Å². The number of nitrogen functional groups attached to an aromatic ring is 1. The Hall–Kier alpha value is -2.07. The fourth-order valence-electron chi connectivity index (χ4n) is 1.97. The van der Waals surface area contributed by atoms with Crippen molar-refractivity contribution in [3.8, 4) is 0 Å². The van der Waals surface area contributed by atoms with Crippen molar-refractivity contribution in [1.29, 1.82) is 5.41 Å². The monoisotopic (exact) mass is 288 g/mol. The molecule has 0 aliphatic rings. The molecule has 4 nitrogen and oxygen atoms in total. The van der Waals surface area contributed by atoms with Crippen LogP contribution in [0.4, 0.5) is 5.82 Å². The Morgan fingerprint density at radius 3 is 2.75 bits per heavy atom. The molecule has 0 amide bonds. The van der Waals surface area contributed by atoms with Gasteiger partial charge in [0.15, 0.2) is 0 Å². The minimum atomic E-state index is 0.0393. The Kier molecular flexibility index (Phi) is 4.25. The van der Waals surface area contributed by atoms with Gasteiger partial charge in [0.1, 0.15) is 11.7 Å². The van der Waals surface area contributed by atoms with Crippen LogP contribution in [0.15, 0.2) is 42.6 Å². The summed E-state index contributed by atoms with van der Waals surface area (Å²) >= 11 is 6.03. The molecule has 104 valence electrons. The lowest BCUT2D eigenvalue weighted by Gasteiger charge is -2.26. The molecule has 3 N–H and O–H groups in total. The lowest BCUT2D eigenvalue weighted by atomic mass is 10.1. The highest BCUT2D eigenvalue weighted by molar-refractivity contribution is 6.30. The van der Waals surface area contributed by atoms with Crippen LogP contribution in [0.3, 0.4) is 0 Å². The second-order valence-electron chi connectivity index (χ2n) is 4.66. The molecule has 2 rings (SSSR count). The number of hydrogen-bond acceptors (Lipinski definition) is 3. The number of pyridine rings is 1. The van der Waals surface area contributed by atoms with Gasteiger partial charge in [0.2, 0.25) is 0 Å². The Morgan fingerprint density at radius 2 is 2.10 bits per heavy atom. The quantitative estimate of drug-likeness (QED) is 0.670. The molecule has 1 aromatic heterocycles. The van der Waals surface area contributed by atoms with Crippen LogP contribution in [-0.2, 0) is 0 Å². The number of rotatable bonds is 4. The number of hydrogen-bond donors (Lipinski definition) is 2. The molecule has 0 aliphatic heterocycles. The maximum Gasteiger partial charge on any atom is 0.129 e. The fourth-order valence-corrected chi connectivity index (χ4v) is 2.17. The van der Waals surface area contributed by atoms with Gasteiger partial charge in [0, 0.05) is 23.8 Å². The summed E-state index contributed by atoms with van der Waals surface area (Å²) in [5.74, 6) is 0.808. The maximum atomic E-state index is 7.49. The minimum Gasteiger partial charge on any atom is -0.384 e. The molecular weight excluding hydrogens is 272 g/mol. The van der Waals surface area contributed by atoms with Crippen LogP contribution in [0.25, 0.3) is 0 Å². The number of nitrogens with two attached hydrogens (primary N) is 1. The van der Waals surface area contributed by atoms with Crippen molar-refractivity contribution in [2.24, 2.45) is 5.73 Å². The lowest BCUT2D eigenvalue weighted by Crippen LogP contribution is -2.23. The van der Waals surface area contributed by atoms with Gasteiger partial charge in [-0.05, 0) is 36.8 Å². The van der Waals surface area contributed by atoms with Gasteiger partial charge in [-0.15, -0.1) is 0 Å². The van der Waals surface area contributed by atoms with Crippen molar-refractivity contribution in [3.05, 3.63) is 58.7 Å². The van der Waals surface area contributed by atoms with Crippen LogP contribution in [0.1, 0.15) is 24.1 Å². The van der Waals surface area contributed by atoms with Gasteiger partial charge in [-0.3, -0.25) is 5.41 Å². The van der Waals surface area contributed by atoms with Crippen molar-refractivity contribution in [3.63, 3.8) is 0 Å². The van der Waals surface area contributed by atoms with Gasteiger partial charge in [0.05, 0.1) is 6.04 Å². The first kappa shape index (κ1) is 14.3. The number of aromatic nitrogens is 1. The Morgan fingerprint density at radius 1 is 1.35 bits per heavy atom. The van der Waals surface area contributed by atoms with E-state index in [0.717, 1.165) is 11.4 Å². The highest BCUT2D eigenvalue weighted by Crippen LogP contribution is 2.25. The summed E-state index contributed by atoms with van der Waals surface area (Å²) in [5, 5.41) is 8.20. The van der Waals surface area contributed by atoms with E-state index >= 15 is 0 Å². The Labute approximate surface area is 123 Å². The van der Waals surface area contributed by atoms with E-state index in [9.17, 15) is 0 Å². The fraction of sp³-hybridized carbons (Fsp3) is 0.200. The molecule has 20 heavy (non-hydrogen) atoms. The largest absolute Gasteiger partial charge is 0.384 e. The van der Waals surface area contributed by atoms with E-state index in [2.05, 4.69) is 11.9 Å². The van der Waals surface area contributed by atoms with E-state index in [1.807, 2.05) is 42.3 Å². The van der Waals surface area contributed by atoms with Crippen LogP contribution in [0, 0.1) is 5.41 Å². The summed E-state index contributed by atoms with van der Waals surface area (Å²) in [4.78, 5) is 6.36. The molecule has 0 fully saturated rings. The molecule has 2 aromatic rings. The first-order chi connectivity index (χ1) is 9.49. The topological polar surface area (TPSA) is 66.0 Å². The van der Waals surface area contributed by atoms with Gasteiger partial charge < -0.3 is 10.6 Å². The predicted molar refractivity (Wildman–Crippen MR) is 83.5 cm³/mol. The van der Waals surface area contributed by atoms with Crippen molar-refractivity contribution < 1.29 is 0 Å². The molecule has 5 heteroatoms. The predicted octanol–water partition coefficient (Wildman–Crippen LogP) is 3.22. The number of anilines is 1. The van der Waals surface area contributed by atoms with Gasteiger partial charge >= 0.3 is 0 Å². The van der Waals surface area contributed by atoms with E-state index in [0.29, 0.717) is 10.6 Å². The summed E-state index contributed by atoms with van der Waals surface area (Å²) in [6, 6.07) is 11.4. The van der Waals surface area contributed by atoms with Gasteiger partial charge in [-0.2, -0.15) is 0 Å². The smallest absolute Gasteiger partial charge is 0.129 e. The van der Waals surface area contributed by atoms with Crippen molar-refractivity contribution in [1.82, 2.24) is 4.98 Å². The SMILES string of the molecule is CC(c1cccc(Cl)c1)N(C)c1cc(C(=N)N)ccn1. The zero-order valence-electron chi connectivity index (χ0n) is 11.5. The molecule has 0 bridgehead atoms. The highest BCUT2D eigenvalue weighted by atomic mass is 35.5. The molecule has 1 unspecified atom stereocenters. The number of nitrogens with zero attached hydrogens (tertiary/aromatic N) is 2. The number of benzene rings is 1. The molecule has 1 aromatic carbocycles. The van der Waals surface area contributed by atoms with Gasteiger partial charge in [-0.1, -0.05) is 23.7 Å². The van der Waals surface area contributed by atoms with Gasteiger partial charge in [0.25, 0.3) is 0 Å². The summed E-state index contributed by atoms with van der Waals surface area (Å²) < 4.78 is 0. The number of nitrogens with one attached hydrogen (secondary N) is 1. The molecule has 1 heterocycles. The van der Waals surface area contributed by atoms with Crippen molar-refractivity contribution in [2.45, 2.75) is 13.0 Å². The molecule has 0 spiro atoms. The zero-order valence-corrected chi connectivity index (χ0v) is 12.2. The van der Waals surface area contributed by atoms with E-state index < -0.39 is 0 Å². The molecule has 0 saturated carbocycles. The molecule has 1 atom stereocenters. The normalized spacial score (nSPS) is 11.9. The van der Waals surface area contributed by atoms with E-state index in [1.165, 1.54) is 0 Å². The maximum absolute atomic E-state index is 7.49. The summed E-state index contributed by atoms with van der Waals surface area (Å²) in [6.45, 7) is 2.08. The highest BCUT2D eigenvalue weighted by Gasteiger charge is 2.14. The number of amidine groups is 1. The number of halogens is 1. The van der Waals surface area contributed by atoms with Crippen LogP contribution >= 0.6 is 11.6 Å². The Balaban J connectivity index is 2.28. The summed E-state index contributed by atoms with van der Waals surface area (Å²) in [7, 11) is 1.96. The Bertz CT molecular complexity index is 627. The lowest BCUT2D eigenvalue weighted by molar-refractivity contribution is 0.729. The average molecular weight is 289 g/mol. The van der Waals surface area contributed by atoms with Gasteiger partial charge in [-0.25, -0.2) is 4.98 Å². The second-order valence-corrected chi connectivity index (χ2v) is 5.09. The zero-order chi connectivity index (χ0) is 14.7. The third-order valence-electron chi connectivity index (χ3n) is 3.33. The van der Waals surface area contributed by atoms with E-state index in [-0.39, 0.29) is 11.9 Å². The van der Waals surface area contributed by atoms with E-state index in [4.69, 9.17) is 22.7 Å². The second kappa shape index (κ2) is 5.92.